The van der Waals surface area contributed by atoms with E-state index in [0.29, 0.717) is 32.2 Å². The first-order valence-electron chi connectivity index (χ1n) is 18.2. The van der Waals surface area contributed by atoms with Crippen LogP contribution in [0.3, 0.4) is 0 Å². The number of amides is 2. The van der Waals surface area contributed by atoms with E-state index in [4.69, 9.17) is 22.6 Å². The summed E-state index contributed by atoms with van der Waals surface area (Å²) in [5.41, 5.74) is 11.3. The number of alkyl carbamates (subject to hydrolysis) is 1. The quantitative estimate of drug-likeness (QED) is 0.0745. The molecule has 2 unspecified atom stereocenters. The van der Waals surface area contributed by atoms with Crippen LogP contribution in [0, 0.1) is 95.2 Å². The van der Waals surface area contributed by atoms with Gasteiger partial charge in [0.2, 0.25) is 5.91 Å². The minimum absolute atomic E-state index is 0.221. The highest BCUT2D eigenvalue weighted by molar-refractivity contribution is 5.81. The van der Waals surface area contributed by atoms with E-state index in [2.05, 4.69) is 106 Å². The zero-order chi connectivity index (χ0) is 36.6. The lowest BCUT2D eigenvalue weighted by molar-refractivity contribution is -0.122. The fourth-order valence-electron chi connectivity index (χ4n) is 4.68. The van der Waals surface area contributed by atoms with Gasteiger partial charge in [-0.2, -0.15) is 0 Å². The highest BCUT2D eigenvalue weighted by Crippen LogP contribution is 2.15. The highest BCUT2D eigenvalue weighted by Gasteiger charge is 2.14. The smallest absolute Gasteiger partial charge is 0.407 e. The minimum Gasteiger partial charge on any atom is -0.445 e. The number of ether oxygens (including phenoxy) is 1. The Morgan fingerprint density at radius 2 is 1.04 bits per heavy atom. The summed E-state index contributed by atoms with van der Waals surface area (Å²) in [6.07, 6.45) is 25.6. The lowest BCUT2D eigenvalue weighted by atomic mass is 10.0. The van der Waals surface area contributed by atoms with Crippen LogP contribution in [0.2, 0.25) is 0 Å². The van der Waals surface area contributed by atoms with Gasteiger partial charge < -0.3 is 26.8 Å². The first-order valence-corrected chi connectivity index (χ1v) is 18.2. The average molecular weight is 677 g/mol. The van der Waals surface area contributed by atoms with Crippen molar-refractivity contribution < 1.29 is 14.3 Å². The van der Waals surface area contributed by atoms with Crippen LogP contribution in [-0.4, -0.2) is 43.8 Å². The number of terminal acetylenes is 1. The molecule has 50 heavy (non-hydrogen) atoms. The minimum atomic E-state index is -0.615. The fraction of sp³-hybridized carbons (Fsp3) is 0.581. The maximum atomic E-state index is 12.5. The van der Waals surface area contributed by atoms with E-state index in [1.54, 1.807) is 0 Å². The molecule has 0 aliphatic heterocycles. The summed E-state index contributed by atoms with van der Waals surface area (Å²) in [5, 5.41) is 5.40. The molecule has 0 radical (unpaired) electrons. The number of nitrogens with one attached hydrogen (secondary N) is 2. The van der Waals surface area contributed by atoms with Crippen LogP contribution in [0.25, 0.3) is 0 Å². The summed E-state index contributed by atoms with van der Waals surface area (Å²) in [5.74, 6) is 37.9. The molecule has 0 saturated carbocycles. The van der Waals surface area contributed by atoms with Gasteiger partial charge in [0.25, 0.3) is 0 Å². The Bertz CT molecular complexity index is 1440. The molecule has 0 bridgehead atoms. The normalized spacial score (nSPS) is 10.1. The van der Waals surface area contributed by atoms with Crippen molar-refractivity contribution in [3.63, 3.8) is 0 Å². The Morgan fingerprint density at radius 3 is 1.52 bits per heavy atom. The van der Waals surface area contributed by atoms with Crippen molar-refractivity contribution >= 4 is 12.0 Å². The van der Waals surface area contributed by atoms with Crippen molar-refractivity contribution in [1.29, 1.82) is 0 Å². The molecule has 0 aromatic rings. The summed E-state index contributed by atoms with van der Waals surface area (Å²) in [6.45, 7) is 3.21. The third-order valence-electron chi connectivity index (χ3n) is 7.39. The van der Waals surface area contributed by atoms with Gasteiger partial charge in [-0.3, -0.25) is 4.79 Å². The molecule has 2 amide bonds. The molecule has 6 N–H and O–H groups in total. The van der Waals surface area contributed by atoms with Crippen LogP contribution >= 0.6 is 0 Å². The van der Waals surface area contributed by atoms with E-state index in [1.165, 1.54) is 83.5 Å². The number of hydrogen-bond acceptors (Lipinski definition) is 5. The summed E-state index contributed by atoms with van der Waals surface area (Å²) in [6, 6.07) is -0.615. The van der Waals surface area contributed by atoms with Crippen LogP contribution in [0.5, 0.6) is 0 Å². The number of nitrogens with two attached hydrogens (primary N) is 2. The van der Waals surface area contributed by atoms with Gasteiger partial charge in [-0.15, -0.1) is 6.42 Å². The first kappa shape index (κ1) is 45.1. The van der Waals surface area contributed by atoms with E-state index in [0.717, 1.165) is 12.8 Å². The van der Waals surface area contributed by atoms with Gasteiger partial charge in [-0.1, -0.05) is 103 Å². The Morgan fingerprint density at radius 1 is 0.600 bits per heavy atom. The molecule has 0 spiro atoms. The maximum absolute atomic E-state index is 12.5. The molecule has 7 nitrogen and oxygen atoms in total. The standard InChI is InChI=1S/C43H56N4O3/c1-3-5-7-9-11-13-15-17-19-21-23-25-27-29-31-34-40(50-43(49)47-39-38-46-42(48)41(45)36-33-37-44)35-32-30-28-26-24-22-20-18-16-14-12-10-8-6-4-2/h1,40-41H,4,6,8,10,12,14,16,18,20,22,24,26,28,30,32-39,44-45H2,2H3,(H,46,48)(H,47,49). The lowest BCUT2D eigenvalue weighted by Crippen LogP contribution is -2.44. The van der Waals surface area contributed by atoms with Crippen LogP contribution < -0.4 is 22.1 Å². The van der Waals surface area contributed by atoms with Crippen LogP contribution in [0.4, 0.5) is 4.79 Å². The Hall–Kier alpha value is -4.86. The predicted molar refractivity (Wildman–Crippen MR) is 205 cm³/mol. The number of hydrogen-bond donors (Lipinski definition) is 4. The van der Waals surface area contributed by atoms with E-state index in [1.807, 2.05) is 0 Å². The highest BCUT2D eigenvalue weighted by atomic mass is 16.6. The van der Waals surface area contributed by atoms with Gasteiger partial charge in [-0.05, 0) is 115 Å². The lowest BCUT2D eigenvalue weighted by Gasteiger charge is -2.16. The summed E-state index contributed by atoms with van der Waals surface area (Å²) in [7, 11) is 0. The summed E-state index contributed by atoms with van der Waals surface area (Å²) >= 11 is 0. The molecule has 0 rings (SSSR count). The van der Waals surface area contributed by atoms with E-state index in [-0.39, 0.29) is 25.1 Å². The molecule has 0 aliphatic rings. The molecule has 0 aromatic heterocycles. The predicted octanol–water partition coefficient (Wildman–Crippen LogP) is 5.57. The van der Waals surface area contributed by atoms with Gasteiger partial charge in [0.05, 0.1) is 6.04 Å². The van der Waals surface area contributed by atoms with Crippen molar-refractivity contribution in [3.8, 4) is 95.2 Å². The molecular formula is C43H56N4O3. The second-order valence-electron chi connectivity index (χ2n) is 11.7. The first-order chi connectivity index (χ1) is 24.5. The molecule has 266 valence electrons. The van der Waals surface area contributed by atoms with Crippen molar-refractivity contribution in [3.05, 3.63) is 0 Å². The largest absolute Gasteiger partial charge is 0.445 e. The van der Waals surface area contributed by atoms with Crippen LogP contribution in [-0.2, 0) is 9.53 Å². The SMILES string of the molecule is C#CC#CC#CC#CC#CC#CC#CC#CCC(CCCCCCCCCCCCCCCCC)OC(=O)NCCNC(=O)C(N)CCCN. The van der Waals surface area contributed by atoms with Gasteiger partial charge in [0, 0.05) is 19.5 Å². The van der Waals surface area contributed by atoms with Crippen molar-refractivity contribution in [2.45, 2.75) is 141 Å². The molecule has 0 aromatic carbocycles. The zero-order valence-electron chi connectivity index (χ0n) is 30.2. The van der Waals surface area contributed by atoms with Gasteiger partial charge in [-0.25, -0.2) is 4.79 Å². The Balaban J connectivity index is 4.65. The van der Waals surface area contributed by atoms with Gasteiger partial charge >= 0.3 is 6.09 Å². The Kier molecular flexibility index (Phi) is 33.4. The third kappa shape index (κ3) is 33.1. The molecule has 0 saturated heterocycles. The van der Waals surface area contributed by atoms with Gasteiger partial charge in [0.1, 0.15) is 6.10 Å². The fourth-order valence-corrected chi connectivity index (χ4v) is 4.68. The second-order valence-corrected chi connectivity index (χ2v) is 11.7. The monoisotopic (exact) mass is 676 g/mol. The van der Waals surface area contributed by atoms with Gasteiger partial charge in [0.15, 0.2) is 0 Å². The molecule has 7 heteroatoms. The van der Waals surface area contributed by atoms with Crippen molar-refractivity contribution in [2.75, 3.05) is 19.6 Å². The molecule has 2 atom stereocenters. The topological polar surface area (TPSA) is 119 Å². The zero-order valence-corrected chi connectivity index (χ0v) is 30.2. The molecule has 0 heterocycles. The van der Waals surface area contributed by atoms with Crippen molar-refractivity contribution in [2.24, 2.45) is 11.5 Å². The average Bonchev–Trinajstić information content (AvgIpc) is 3.11. The third-order valence-corrected chi connectivity index (χ3v) is 7.39. The molecular weight excluding hydrogens is 620 g/mol. The second kappa shape index (κ2) is 37.0. The summed E-state index contributed by atoms with van der Waals surface area (Å²) < 4.78 is 5.66. The Labute approximate surface area is 303 Å². The van der Waals surface area contributed by atoms with Crippen LogP contribution in [0.1, 0.15) is 129 Å². The van der Waals surface area contributed by atoms with Crippen molar-refractivity contribution in [1.82, 2.24) is 10.6 Å². The number of carbonyl (C=O) groups is 2. The molecule has 0 fully saturated rings. The number of unbranched alkanes of at least 4 members (excludes halogenated alkanes) is 14. The van der Waals surface area contributed by atoms with E-state index < -0.39 is 12.1 Å². The summed E-state index contributed by atoms with van der Waals surface area (Å²) in [4.78, 5) is 24.5. The number of rotatable bonds is 25. The number of carbonyl (C=O) groups excluding carboxylic acids is 2. The van der Waals surface area contributed by atoms with E-state index >= 15 is 0 Å². The maximum Gasteiger partial charge on any atom is 0.407 e. The van der Waals surface area contributed by atoms with E-state index in [9.17, 15) is 9.59 Å². The molecule has 0 aliphatic carbocycles. The van der Waals surface area contributed by atoms with Crippen LogP contribution in [0.15, 0.2) is 0 Å².